The van der Waals surface area contributed by atoms with Gasteiger partial charge in [-0.2, -0.15) is 0 Å². The van der Waals surface area contributed by atoms with E-state index in [1.807, 2.05) is 18.2 Å². The molecule has 1 aromatic carbocycles. The molecule has 0 saturated heterocycles. The van der Waals surface area contributed by atoms with Crippen LogP contribution in [0.4, 0.5) is 0 Å². The molecule has 2 heteroatoms. The predicted molar refractivity (Wildman–Crippen MR) is 53.9 cm³/mol. The third kappa shape index (κ3) is 1.95. The highest BCUT2D eigenvalue weighted by molar-refractivity contribution is 7.99. The lowest BCUT2D eigenvalue weighted by molar-refractivity contribution is 0.456. The van der Waals surface area contributed by atoms with Crippen LogP contribution in [-0.4, -0.2) is 10.9 Å². The SMILES string of the molecule is CCSc1cccc(CC)c1O. The van der Waals surface area contributed by atoms with Gasteiger partial charge in [0, 0.05) is 4.90 Å². The summed E-state index contributed by atoms with van der Waals surface area (Å²) >= 11 is 1.68. The van der Waals surface area contributed by atoms with Crippen LogP contribution in [0.25, 0.3) is 0 Å². The Labute approximate surface area is 77.8 Å². The van der Waals surface area contributed by atoms with E-state index in [0.717, 1.165) is 22.6 Å². The third-order valence-corrected chi connectivity index (χ3v) is 2.69. The standard InChI is InChI=1S/C10H14OS/c1-3-8-6-5-7-9(10(8)11)12-4-2/h5-7,11H,3-4H2,1-2H3. The summed E-state index contributed by atoms with van der Waals surface area (Å²) in [6.45, 7) is 4.14. The van der Waals surface area contributed by atoms with Gasteiger partial charge in [-0.15, -0.1) is 11.8 Å². The number of rotatable bonds is 3. The third-order valence-electron chi connectivity index (χ3n) is 1.76. The van der Waals surface area contributed by atoms with Crippen molar-refractivity contribution in [2.24, 2.45) is 0 Å². The molecule has 1 N–H and O–H groups in total. The first-order chi connectivity index (χ1) is 5.79. The first-order valence-electron chi connectivity index (χ1n) is 4.23. The quantitative estimate of drug-likeness (QED) is 0.725. The Kier molecular flexibility index (Phi) is 3.48. The van der Waals surface area contributed by atoms with E-state index < -0.39 is 0 Å². The van der Waals surface area contributed by atoms with E-state index in [1.165, 1.54) is 0 Å². The summed E-state index contributed by atoms with van der Waals surface area (Å²) < 4.78 is 0. The number of hydrogen-bond acceptors (Lipinski definition) is 2. The molecule has 1 aromatic rings. The number of phenols is 1. The van der Waals surface area contributed by atoms with Crippen molar-refractivity contribution in [3.05, 3.63) is 23.8 Å². The molecule has 0 atom stereocenters. The van der Waals surface area contributed by atoms with Crippen LogP contribution in [0.1, 0.15) is 19.4 Å². The summed E-state index contributed by atoms with van der Waals surface area (Å²) in [5.74, 6) is 1.47. The van der Waals surface area contributed by atoms with Crippen molar-refractivity contribution in [1.29, 1.82) is 0 Å². The number of para-hydroxylation sites is 1. The highest BCUT2D eigenvalue weighted by Gasteiger charge is 2.03. The van der Waals surface area contributed by atoms with E-state index in [0.29, 0.717) is 5.75 Å². The van der Waals surface area contributed by atoms with Gasteiger partial charge in [0.2, 0.25) is 0 Å². The van der Waals surface area contributed by atoms with Gasteiger partial charge in [-0.1, -0.05) is 26.0 Å². The average Bonchev–Trinajstić information content (AvgIpc) is 2.09. The fourth-order valence-corrected chi connectivity index (χ4v) is 1.88. The normalized spacial score (nSPS) is 10.2. The van der Waals surface area contributed by atoms with Crippen molar-refractivity contribution < 1.29 is 5.11 Å². The second-order valence-corrected chi connectivity index (χ2v) is 3.86. The van der Waals surface area contributed by atoms with Crippen molar-refractivity contribution in [3.8, 4) is 5.75 Å². The van der Waals surface area contributed by atoms with Crippen LogP contribution >= 0.6 is 11.8 Å². The van der Waals surface area contributed by atoms with Gasteiger partial charge in [-0.25, -0.2) is 0 Å². The van der Waals surface area contributed by atoms with Gasteiger partial charge in [0.1, 0.15) is 5.75 Å². The van der Waals surface area contributed by atoms with Gasteiger partial charge in [0.15, 0.2) is 0 Å². The number of phenolic OH excluding ortho intramolecular Hbond substituents is 1. The van der Waals surface area contributed by atoms with Gasteiger partial charge in [0.05, 0.1) is 0 Å². The van der Waals surface area contributed by atoms with E-state index in [2.05, 4.69) is 13.8 Å². The summed E-state index contributed by atoms with van der Waals surface area (Å²) in [5, 5.41) is 9.70. The molecule has 0 aliphatic carbocycles. The first-order valence-corrected chi connectivity index (χ1v) is 5.21. The largest absolute Gasteiger partial charge is 0.506 e. The van der Waals surface area contributed by atoms with Gasteiger partial charge < -0.3 is 5.11 Å². The van der Waals surface area contributed by atoms with Gasteiger partial charge >= 0.3 is 0 Å². The molecule has 12 heavy (non-hydrogen) atoms. The van der Waals surface area contributed by atoms with Crippen molar-refractivity contribution in [1.82, 2.24) is 0 Å². The van der Waals surface area contributed by atoms with E-state index in [4.69, 9.17) is 0 Å². The Morgan fingerprint density at radius 2 is 2.08 bits per heavy atom. The zero-order valence-corrected chi connectivity index (χ0v) is 8.32. The number of aromatic hydroxyl groups is 1. The van der Waals surface area contributed by atoms with Crippen LogP contribution in [-0.2, 0) is 6.42 Å². The highest BCUT2D eigenvalue weighted by atomic mass is 32.2. The van der Waals surface area contributed by atoms with Crippen LogP contribution < -0.4 is 0 Å². The van der Waals surface area contributed by atoms with Crippen LogP contribution in [0.5, 0.6) is 5.75 Å². The fourth-order valence-electron chi connectivity index (χ4n) is 1.13. The maximum absolute atomic E-state index is 9.70. The smallest absolute Gasteiger partial charge is 0.132 e. The van der Waals surface area contributed by atoms with Crippen LogP contribution in [0.2, 0.25) is 0 Å². The Morgan fingerprint density at radius 3 is 2.67 bits per heavy atom. The molecule has 0 aromatic heterocycles. The number of aryl methyl sites for hydroxylation is 1. The van der Waals surface area contributed by atoms with E-state index in [-0.39, 0.29) is 0 Å². The topological polar surface area (TPSA) is 20.2 Å². The van der Waals surface area contributed by atoms with E-state index in [9.17, 15) is 5.11 Å². The molecule has 0 aliphatic heterocycles. The Morgan fingerprint density at radius 1 is 1.33 bits per heavy atom. The van der Waals surface area contributed by atoms with Gasteiger partial charge in [-0.05, 0) is 23.8 Å². The minimum absolute atomic E-state index is 0.465. The second-order valence-electron chi connectivity index (χ2n) is 2.55. The average molecular weight is 182 g/mol. The molecule has 66 valence electrons. The maximum atomic E-state index is 9.70. The Balaban J connectivity index is 2.97. The van der Waals surface area contributed by atoms with Crippen molar-refractivity contribution in [2.75, 3.05) is 5.75 Å². The summed E-state index contributed by atoms with van der Waals surface area (Å²) in [6.07, 6.45) is 0.893. The molecule has 0 fully saturated rings. The first kappa shape index (κ1) is 9.46. The molecule has 1 rings (SSSR count). The van der Waals surface area contributed by atoms with Gasteiger partial charge in [-0.3, -0.25) is 0 Å². The molecular formula is C10H14OS. The van der Waals surface area contributed by atoms with Crippen molar-refractivity contribution >= 4 is 11.8 Å². The molecule has 0 unspecified atom stereocenters. The molecule has 0 amide bonds. The van der Waals surface area contributed by atoms with Crippen molar-refractivity contribution in [2.45, 2.75) is 25.2 Å². The second kappa shape index (κ2) is 4.41. The van der Waals surface area contributed by atoms with Crippen LogP contribution in [0, 0.1) is 0 Å². The fraction of sp³-hybridized carbons (Fsp3) is 0.400. The highest BCUT2D eigenvalue weighted by Crippen LogP contribution is 2.31. The van der Waals surface area contributed by atoms with Crippen molar-refractivity contribution in [3.63, 3.8) is 0 Å². The zero-order chi connectivity index (χ0) is 8.97. The molecule has 0 aliphatic rings. The molecular weight excluding hydrogens is 168 g/mol. The molecule has 0 saturated carbocycles. The monoisotopic (exact) mass is 182 g/mol. The minimum Gasteiger partial charge on any atom is -0.506 e. The molecule has 0 spiro atoms. The Hall–Kier alpha value is -0.630. The molecule has 0 radical (unpaired) electrons. The molecule has 1 nitrogen and oxygen atoms in total. The van der Waals surface area contributed by atoms with E-state index >= 15 is 0 Å². The summed E-state index contributed by atoms with van der Waals surface area (Å²) in [5.41, 5.74) is 1.04. The Bertz CT molecular complexity index is 258. The summed E-state index contributed by atoms with van der Waals surface area (Å²) in [7, 11) is 0. The summed E-state index contributed by atoms with van der Waals surface area (Å²) in [4.78, 5) is 0.997. The van der Waals surface area contributed by atoms with Crippen LogP contribution in [0.3, 0.4) is 0 Å². The molecule has 0 bridgehead atoms. The summed E-state index contributed by atoms with van der Waals surface area (Å²) in [6, 6.07) is 5.92. The zero-order valence-electron chi connectivity index (χ0n) is 7.50. The lowest BCUT2D eigenvalue weighted by Crippen LogP contribution is -1.83. The molecule has 0 heterocycles. The minimum atomic E-state index is 0.465. The number of hydrogen-bond donors (Lipinski definition) is 1. The lowest BCUT2D eigenvalue weighted by Gasteiger charge is -2.06. The number of thioether (sulfide) groups is 1. The predicted octanol–water partition coefficient (Wildman–Crippen LogP) is 3.07. The van der Waals surface area contributed by atoms with Crippen LogP contribution in [0.15, 0.2) is 23.1 Å². The maximum Gasteiger partial charge on any atom is 0.132 e. The lowest BCUT2D eigenvalue weighted by atomic mass is 10.1. The number of benzene rings is 1. The van der Waals surface area contributed by atoms with Gasteiger partial charge in [0.25, 0.3) is 0 Å². The van der Waals surface area contributed by atoms with E-state index in [1.54, 1.807) is 11.8 Å².